The lowest BCUT2D eigenvalue weighted by Crippen LogP contribution is -2.46. The number of nitrogens with two attached hydrogens (primary N) is 1. The third-order valence-corrected chi connectivity index (χ3v) is 2.91. The molecule has 16 heavy (non-hydrogen) atoms. The lowest BCUT2D eigenvalue weighted by Gasteiger charge is -2.33. The molecule has 0 aromatic carbocycles. The van der Waals surface area contributed by atoms with Crippen LogP contribution in [0.5, 0.6) is 0 Å². The van der Waals surface area contributed by atoms with Crippen LogP contribution in [-0.4, -0.2) is 43.8 Å². The molecule has 0 spiro atoms. The molecule has 0 bridgehead atoms. The van der Waals surface area contributed by atoms with E-state index in [1.54, 1.807) is 7.11 Å². The van der Waals surface area contributed by atoms with Crippen molar-refractivity contribution in [1.82, 2.24) is 4.90 Å². The van der Waals surface area contributed by atoms with Crippen molar-refractivity contribution in [3.63, 3.8) is 0 Å². The third-order valence-electron chi connectivity index (χ3n) is 2.91. The molecule has 2 N–H and O–H groups in total. The Kier molecular flexibility index (Phi) is 8.90. The van der Waals surface area contributed by atoms with E-state index in [1.165, 1.54) is 12.8 Å². The number of nitrogens with zero attached hydrogens (tertiary/aromatic N) is 1. The molecule has 0 fully saturated rings. The molecule has 3 heteroatoms. The van der Waals surface area contributed by atoms with Crippen molar-refractivity contribution in [3.8, 4) is 0 Å². The van der Waals surface area contributed by atoms with E-state index in [4.69, 9.17) is 10.5 Å². The van der Waals surface area contributed by atoms with Crippen LogP contribution in [0.4, 0.5) is 0 Å². The van der Waals surface area contributed by atoms with Gasteiger partial charge in [-0.05, 0) is 18.8 Å². The molecule has 0 aliphatic heterocycles. The minimum atomic E-state index is 0.129. The highest BCUT2D eigenvalue weighted by atomic mass is 16.5. The molecule has 0 radical (unpaired) electrons. The number of hydrogen-bond donors (Lipinski definition) is 1. The van der Waals surface area contributed by atoms with Crippen molar-refractivity contribution in [1.29, 1.82) is 0 Å². The lowest BCUT2D eigenvalue weighted by molar-refractivity contribution is 0.118. The molecular formula is C13H30N2O. The Morgan fingerprint density at radius 1 is 1.12 bits per heavy atom. The largest absolute Gasteiger partial charge is 0.383 e. The monoisotopic (exact) mass is 230 g/mol. The van der Waals surface area contributed by atoms with Crippen LogP contribution in [0.25, 0.3) is 0 Å². The van der Waals surface area contributed by atoms with Crippen LogP contribution in [0.1, 0.15) is 40.5 Å². The summed E-state index contributed by atoms with van der Waals surface area (Å²) in [6.45, 7) is 11.7. The molecule has 0 aliphatic rings. The smallest absolute Gasteiger partial charge is 0.0626 e. The molecule has 0 heterocycles. The van der Waals surface area contributed by atoms with E-state index in [2.05, 4.69) is 32.6 Å². The van der Waals surface area contributed by atoms with E-state index in [0.717, 1.165) is 13.1 Å². The Balaban J connectivity index is 4.28. The molecule has 0 rings (SSSR count). The molecular weight excluding hydrogens is 200 g/mol. The van der Waals surface area contributed by atoms with Gasteiger partial charge in [-0.2, -0.15) is 0 Å². The maximum absolute atomic E-state index is 6.04. The highest BCUT2D eigenvalue weighted by molar-refractivity contribution is 4.75. The van der Waals surface area contributed by atoms with Gasteiger partial charge in [-0.3, -0.25) is 4.90 Å². The zero-order chi connectivity index (χ0) is 12.6. The molecule has 0 saturated heterocycles. The first-order valence-corrected chi connectivity index (χ1v) is 6.53. The summed E-state index contributed by atoms with van der Waals surface area (Å²) in [5.74, 6) is 0.690. The summed E-state index contributed by atoms with van der Waals surface area (Å²) < 4.78 is 5.10. The Bertz CT molecular complexity index is 158. The average Bonchev–Trinajstić information content (AvgIpc) is 2.18. The highest BCUT2D eigenvalue weighted by Gasteiger charge is 2.18. The van der Waals surface area contributed by atoms with Gasteiger partial charge in [0.15, 0.2) is 0 Å². The van der Waals surface area contributed by atoms with Crippen LogP contribution in [0.2, 0.25) is 0 Å². The summed E-state index contributed by atoms with van der Waals surface area (Å²) in [4.78, 5) is 2.52. The number of hydrogen-bond acceptors (Lipinski definition) is 3. The van der Waals surface area contributed by atoms with E-state index in [9.17, 15) is 0 Å². The molecule has 98 valence electrons. The summed E-state index contributed by atoms with van der Waals surface area (Å²) >= 11 is 0. The van der Waals surface area contributed by atoms with Crippen molar-refractivity contribution in [3.05, 3.63) is 0 Å². The summed E-state index contributed by atoms with van der Waals surface area (Å²) in [7, 11) is 1.71. The molecule has 0 aromatic heterocycles. The van der Waals surface area contributed by atoms with Crippen LogP contribution in [-0.2, 0) is 4.74 Å². The predicted octanol–water partition coefficient (Wildman–Crippen LogP) is 2.11. The number of ether oxygens (including phenoxy) is 1. The van der Waals surface area contributed by atoms with Gasteiger partial charge in [-0.25, -0.2) is 0 Å². The normalized spacial score (nSPS) is 14.1. The van der Waals surface area contributed by atoms with Gasteiger partial charge in [0.1, 0.15) is 0 Å². The topological polar surface area (TPSA) is 38.5 Å². The van der Waals surface area contributed by atoms with Crippen LogP contribution in [0.15, 0.2) is 0 Å². The zero-order valence-electron chi connectivity index (χ0n) is 11.7. The molecule has 1 atom stereocenters. The fourth-order valence-electron chi connectivity index (χ4n) is 2.21. The van der Waals surface area contributed by atoms with Crippen LogP contribution >= 0.6 is 0 Å². The van der Waals surface area contributed by atoms with E-state index >= 15 is 0 Å². The standard InChI is InChI=1S/C13H30N2O/c1-6-13(7-2)15(8-11(3)4)9-12(14)10-16-5/h11-13H,6-10,14H2,1-5H3. The van der Waals surface area contributed by atoms with Crippen molar-refractivity contribution < 1.29 is 4.74 Å². The number of methoxy groups -OCH3 is 1. The molecule has 0 saturated carbocycles. The van der Waals surface area contributed by atoms with Gasteiger partial charge in [-0.1, -0.05) is 27.7 Å². The lowest BCUT2D eigenvalue weighted by atomic mass is 10.1. The van der Waals surface area contributed by atoms with Crippen molar-refractivity contribution in [2.75, 3.05) is 26.8 Å². The fraction of sp³-hybridized carbons (Fsp3) is 1.00. The highest BCUT2D eigenvalue weighted by Crippen LogP contribution is 2.11. The SMILES string of the molecule is CCC(CC)N(CC(C)C)CC(N)COC. The van der Waals surface area contributed by atoms with Crippen molar-refractivity contribution >= 4 is 0 Å². The Labute approximate surface area is 101 Å². The molecule has 0 aromatic rings. The Morgan fingerprint density at radius 3 is 2.06 bits per heavy atom. The van der Waals surface area contributed by atoms with Crippen LogP contribution in [0.3, 0.4) is 0 Å². The molecule has 0 amide bonds. The minimum Gasteiger partial charge on any atom is -0.383 e. The third kappa shape index (κ3) is 6.46. The zero-order valence-corrected chi connectivity index (χ0v) is 11.7. The maximum atomic E-state index is 6.04. The van der Waals surface area contributed by atoms with Gasteiger partial charge in [-0.15, -0.1) is 0 Å². The van der Waals surface area contributed by atoms with Crippen LogP contribution < -0.4 is 5.73 Å². The van der Waals surface area contributed by atoms with Gasteiger partial charge in [0.2, 0.25) is 0 Å². The first-order valence-electron chi connectivity index (χ1n) is 6.53. The first-order chi connectivity index (χ1) is 7.54. The Hall–Kier alpha value is -0.120. The van der Waals surface area contributed by atoms with Gasteiger partial charge in [0.25, 0.3) is 0 Å². The van der Waals surface area contributed by atoms with Crippen molar-refractivity contribution in [2.24, 2.45) is 11.7 Å². The van der Waals surface area contributed by atoms with E-state index in [-0.39, 0.29) is 6.04 Å². The molecule has 3 nitrogen and oxygen atoms in total. The maximum Gasteiger partial charge on any atom is 0.0626 e. The van der Waals surface area contributed by atoms with Crippen molar-refractivity contribution in [2.45, 2.75) is 52.6 Å². The van der Waals surface area contributed by atoms with Gasteiger partial charge in [0.05, 0.1) is 6.61 Å². The van der Waals surface area contributed by atoms with Gasteiger partial charge >= 0.3 is 0 Å². The van der Waals surface area contributed by atoms with Gasteiger partial charge < -0.3 is 10.5 Å². The first kappa shape index (κ1) is 15.9. The van der Waals surface area contributed by atoms with E-state index in [0.29, 0.717) is 18.6 Å². The predicted molar refractivity (Wildman–Crippen MR) is 70.6 cm³/mol. The summed E-state index contributed by atoms with van der Waals surface area (Å²) in [5, 5.41) is 0. The molecule has 0 aliphatic carbocycles. The molecule has 1 unspecified atom stereocenters. The second-order valence-electron chi connectivity index (χ2n) is 5.03. The summed E-state index contributed by atoms with van der Waals surface area (Å²) in [6, 6.07) is 0.787. The second kappa shape index (κ2) is 8.97. The van der Waals surface area contributed by atoms with E-state index < -0.39 is 0 Å². The van der Waals surface area contributed by atoms with E-state index in [1.807, 2.05) is 0 Å². The summed E-state index contributed by atoms with van der Waals surface area (Å²) in [5.41, 5.74) is 6.04. The second-order valence-corrected chi connectivity index (χ2v) is 5.03. The van der Waals surface area contributed by atoms with Gasteiger partial charge in [0, 0.05) is 32.3 Å². The fourth-order valence-corrected chi connectivity index (χ4v) is 2.21. The number of rotatable bonds is 9. The van der Waals surface area contributed by atoms with Crippen LogP contribution in [0, 0.1) is 5.92 Å². The quantitative estimate of drug-likeness (QED) is 0.659. The average molecular weight is 230 g/mol. The Morgan fingerprint density at radius 2 is 1.69 bits per heavy atom. The summed E-state index contributed by atoms with van der Waals surface area (Å²) in [6.07, 6.45) is 2.39. The minimum absolute atomic E-state index is 0.129.